The number of hydrogen-bond donors (Lipinski definition) is 1. The summed E-state index contributed by atoms with van der Waals surface area (Å²) in [6.07, 6.45) is 8.48. The number of amides is 1. The van der Waals surface area contributed by atoms with Gasteiger partial charge in [-0.2, -0.15) is 0 Å². The summed E-state index contributed by atoms with van der Waals surface area (Å²) in [5, 5.41) is 0. The van der Waals surface area contributed by atoms with E-state index in [1.807, 2.05) is 12.1 Å². The molecule has 24 heavy (non-hydrogen) atoms. The lowest BCUT2D eigenvalue weighted by Crippen LogP contribution is -2.42. The molecule has 6 nitrogen and oxygen atoms in total. The minimum atomic E-state index is -0.209. The van der Waals surface area contributed by atoms with Crippen LogP contribution in [0, 0.1) is 5.92 Å². The van der Waals surface area contributed by atoms with Crippen molar-refractivity contribution in [2.24, 2.45) is 11.7 Å². The maximum atomic E-state index is 11.6. The Kier molecular flexibility index (Phi) is 3.88. The quantitative estimate of drug-likeness (QED) is 0.930. The monoisotopic (exact) mass is 323 g/mol. The summed E-state index contributed by atoms with van der Waals surface area (Å²) in [4.78, 5) is 27.6. The number of nitrogens with two attached hydrogens (primary N) is 1. The molecule has 1 fully saturated rings. The van der Waals surface area contributed by atoms with Gasteiger partial charge in [0.1, 0.15) is 5.82 Å². The Hall–Kier alpha value is -2.50. The zero-order valence-electron chi connectivity index (χ0n) is 13.6. The lowest BCUT2D eigenvalue weighted by molar-refractivity contribution is -0.122. The molecule has 0 unspecified atom stereocenters. The second kappa shape index (κ2) is 6.19. The van der Waals surface area contributed by atoms with Gasteiger partial charge in [-0.05, 0) is 44.2 Å². The molecule has 124 valence electrons. The first-order chi connectivity index (χ1) is 11.7. The Bertz CT molecular complexity index is 762. The summed E-state index contributed by atoms with van der Waals surface area (Å²) in [6.45, 7) is 1.58. The minimum Gasteiger partial charge on any atom is -0.369 e. The number of aryl methyl sites for hydroxylation is 1. The molecule has 3 heterocycles. The fraction of sp³-hybridized carbons (Fsp3) is 0.444. The first-order valence-electron chi connectivity index (χ1n) is 8.57. The van der Waals surface area contributed by atoms with Gasteiger partial charge in [-0.1, -0.05) is 0 Å². The topological polar surface area (TPSA) is 85.0 Å². The third-order valence-electron chi connectivity index (χ3n) is 4.97. The van der Waals surface area contributed by atoms with Crippen LogP contribution in [0.5, 0.6) is 0 Å². The second-order valence-electron chi connectivity index (χ2n) is 6.57. The van der Waals surface area contributed by atoms with Crippen LogP contribution in [-0.4, -0.2) is 33.9 Å². The number of pyridine rings is 1. The highest BCUT2D eigenvalue weighted by Crippen LogP contribution is 2.33. The van der Waals surface area contributed by atoms with Crippen molar-refractivity contribution in [3.05, 3.63) is 35.8 Å². The van der Waals surface area contributed by atoms with Crippen molar-refractivity contribution in [1.82, 2.24) is 15.0 Å². The highest BCUT2D eigenvalue weighted by atomic mass is 16.1. The molecule has 0 aromatic carbocycles. The molecule has 1 amide bonds. The van der Waals surface area contributed by atoms with Crippen LogP contribution in [0.15, 0.2) is 24.5 Å². The number of rotatable bonds is 3. The van der Waals surface area contributed by atoms with Crippen molar-refractivity contribution in [1.29, 1.82) is 0 Å². The van der Waals surface area contributed by atoms with E-state index in [-0.39, 0.29) is 11.8 Å². The number of carbonyl (C=O) groups excluding carboxylic acids is 1. The number of anilines is 1. The Labute approximate surface area is 141 Å². The fourth-order valence-corrected chi connectivity index (χ4v) is 3.71. The summed E-state index contributed by atoms with van der Waals surface area (Å²) in [6, 6.07) is 3.87. The number of primary amides is 1. The summed E-state index contributed by atoms with van der Waals surface area (Å²) in [5.74, 6) is 1.44. The first kappa shape index (κ1) is 15.1. The van der Waals surface area contributed by atoms with Crippen molar-refractivity contribution in [3.63, 3.8) is 0 Å². The van der Waals surface area contributed by atoms with Gasteiger partial charge in [0.05, 0.1) is 5.92 Å². The lowest BCUT2D eigenvalue weighted by atomic mass is 9.97. The third kappa shape index (κ3) is 2.72. The predicted molar refractivity (Wildman–Crippen MR) is 91.4 cm³/mol. The van der Waals surface area contributed by atoms with Crippen molar-refractivity contribution >= 4 is 11.7 Å². The molecule has 0 spiro atoms. The number of aromatic nitrogens is 3. The van der Waals surface area contributed by atoms with E-state index in [1.54, 1.807) is 12.4 Å². The number of fused-ring (bicyclic) bond motifs is 1. The molecule has 1 aliphatic heterocycles. The predicted octanol–water partition coefficient (Wildman–Crippen LogP) is 1.73. The summed E-state index contributed by atoms with van der Waals surface area (Å²) in [5.41, 5.74) is 8.91. The normalized spacial score (nSPS) is 20.0. The smallest absolute Gasteiger partial charge is 0.222 e. The molecule has 0 saturated carbocycles. The molecule has 2 aromatic heterocycles. The van der Waals surface area contributed by atoms with Gasteiger partial charge in [0, 0.05) is 42.3 Å². The van der Waals surface area contributed by atoms with Gasteiger partial charge in [0.15, 0.2) is 5.82 Å². The Balaban J connectivity index is 1.74. The highest BCUT2D eigenvalue weighted by Gasteiger charge is 2.29. The SMILES string of the molecule is NC(=O)[C@@H]1CCCN(c2nc(-c3ccncc3)nc3c2CCC3)C1. The van der Waals surface area contributed by atoms with Crippen LogP contribution < -0.4 is 10.6 Å². The van der Waals surface area contributed by atoms with Crippen LogP contribution in [-0.2, 0) is 17.6 Å². The molecule has 1 saturated heterocycles. The number of hydrogen-bond acceptors (Lipinski definition) is 5. The van der Waals surface area contributed by atoms with E-state index in [2.05, 4.69) is 9.88 Å². The van der Waals surface area contributed by atoms with E-state index >= 15 is 0 Å². The van der Waals surface area contributed by atoms with Crippen molar-refractivity contribution in [2.75, 3.05) is 18.0 Å². The molecule has 4 rings (SSSR count). The van der Waals surface area contributed by atoms with Gasteiger partial charge < -0.3 is 10.6 Å². The van der Waals surface area contributed by atoms with E-state index in [4.69, 9.17) is 15.7 Å². The molecule has 0 radical (unpaired) electrons. The van der Waals surface area contributed by atoms with E-state index in [0.29, 0.717) is 6.54 Å². The van der Waals surface area contributed by atoms with Gasteiger partial charge >= 0.3 is 0 Å². The first-order valence-corrected chi connectivity index (χ1v) is 8.57. The van der Waals surface area contributed by atoms with E-state index in [0.717, 1.165) is 61.5 Å². The standard InChI is InChI=1S/C18H21N5O/c19-16(24)13-3-2-10-23(11-13)18-14-4-1-5-15(14)21-17(22-18)12-6-8-20-9-7-12/h6-9,13H,1-5,10-11H2,(H2,19,24)/t13-/m1/s1. The number of carbonyl (C=O) groups is 1. The van der Waals surface area contributed by atoms with Gasteiger partial charge in [-0.15, -0.1) is 0 Å². The molecule has 1 aliphatic carbocycles. The summed E-state index contributed by atoms with van der Waals surface area (Å²) < 4.78 is 0. The number of piperidine rings is 1. The molecule has 2 aromatic rings. The highest BCUT2D eigenvalue weighted by molar-refractivity contribution is 5.77. The van der Waals surface area contributed by atoms with Crippen molar-refractivity contribution in [3.8, 4) is 11.4 Å². The molecular formula is C18H21N5O. The van der Waals surface area contributed by atoms with E-state index < -0.39 is 0 Å². The van der Waals surface area contributed by atoms with Crippen LogP contribution in [0.25, 0.3) is 11.4 Å². The van der Waals surface area contributed by atoms with Crippen molar-refractivity contribution < 1.29 is 4.79 Å². The zero-order chi connectivity index (χ0) is 16.5. The van der Waals surface area contributed by atoms with Crippen LogP contribution in [0.1, 0.15) is 30.5 Å². The summed E-state index contributed by atoms with van der Waals surface area (Å²) >= 11 is 0. The van der Waals surface area contributed by atoms with Gasteiger partial charge in [-0.3, -0.25) is 9.78 Å². The average Bonchev–Trinajstić information content (AvgIpc) is 3.10. The summed E-state index contributed by atoms with van der Waals surface area (Å²) in [7, 11) is 0. The van der Waals surface area contributed by atoms with Gasteiger partial charge in [0.25, 0.3) is 0 Å². The third-order valence-corrected chi connectivity index (χ3v) is 4.97. The Morgan fingerprint density at radius 2 is 2.00 bits per heavy atom. The maximum Gasteiger partial charge on any atom is 0.222 e. The molecular weight excluding hydrogens is 302 g/mol. The van der Waals surface area contributed by atoms with E-state index in [9.17, 15) is 4.79 Å². The largest absolute Gasteiger partial charge is 0.369 e. The van der Waals surface area contributed by atoms with E-state index in [1.165, 1.54) is 5.56 Å². The Morgan fingerprint density at radius 3 is 2.79 bits per heavy atom. The van der Waals surface area contributed by atoms with Crippen LogP contribution in [0.2, 0.25) is 0 Å². The number of nitrogens with zero attached hydrogens (tertiary/aromatic N) is 4. The minimum absolute atomic E-state index is 0.0878. The van der Waals surface area contributed by atoms with Crippen LogP contribution in [0.3, 0.4) is 0 Å². The zero-order valence-corrected chi connectivity index (χ0v) is 13.6. The molecule has 1 atom stereocenters. The Morgan fingerprint density at radius 1 is 1.17 bits per heavy atom. The molecule has 2 aliphatic rings. The lowest BCUT2D eigenvalue weighted by Gasteiger charge is -2.33. The van der Waals surface area contributed by atoms with Crippen molar-refractivity contribution in [2.45, 2.75) is 32.1 Å². The van der Waals surface area contributed by atoms with Crippen LogP contribution >= 0.6 is 0 Å². The average molecular weight is 323 g/mol. The molecule has 6 heteroatoms. The van der Waals surface area contributed by atoms with Crippen LogP contribution in [0.4, 0.5) is 5.82 Å². The molecule has 0 bridgehead atoms. The second-order valence-corrected chi connectivity index (χ2v) is 6.57. The molecule has 2 N–H and O–H groups in total. The van der Waals surface area contributed by atoms with Gasteiger partial charge in [0.2, 0.25) is 5.91 Å². The van der Waals surface area contributed by atoms with Gasteiger partial charge in [-0.25, -0.2) is 9.97 Å². The fourth-order valence-electron chi connectivity index (χ4n) is 3.71. The maximum absolute atomic E-state index is 11.6.